The van der Waals surface area contributed by atoms with E-state index in [0.717, 1.165) is 31.9 Å². The van der Waals surface area contributed by atoms with E-state index in [2.05, 4.69) is 26.1 Å². The van der Waals surface area contributed by atoms with Crippen LogP contribution < -0.4 is 5.32 Å². The van der Waals surface area contributed by atoms with Crippen molar-refractivity contribution in [2.24, 2.45) is 5.92 Å². The van der Waals surface area contributed by atoms with Gasteiger partial charge in [0.15, 0.2) is 0 Å². The van der Waals surface area contributed by atoms with Crippen molar-refractivity contribution >= 4 is 0 Å². The van der Waals surface area contributed by atoms with Crippen molar-refractivity contribution in [1.29, 1.82) is 0 Å². The van der Waals surface area contributed by atoms with E-state index in [1.807, 2.05) is 0 Å². The molecular formula is C15H29NO2. The lowest BCUT2D eigenvalue weighted by molar-refractivity contribution is -0.105. The number of rotatable bonds is 7. The third-order valence-electron chi connectivity index (χ3n) is 4.01. The third-order valence-corrected chi connectivity index (χ3v) is 4.01. The standard InChI is InChI=1S/C15H29NO2/c1-4-7-16-15(13-5-6-13)10-17-14-8-11(2)18-12(3)9-14/h11-16H,4-10H2,1-3H3. The van der Waals surface area contributed by atoms with Gasteiger partial charge in [0.05, 0.1) is 24.9 Å². The molecule has 0 aromatic heterocycles. The number of hydrogen-bond donors (Lipinski definition) is 1. The van der Waals surface area contributed by atoms with Crippen molar-refractivity contribution in [3.8, 4) is 0 Å². The summed E-state index contributed by atoms with van der Waals surface area (Å²) in [4.78, 5) is 0. The van der Waals surface area contributed by atoms with Gasteiger partial charge in [0.25, 0.3) is 0 Å². The van der Waals surface area contributed by atoms with Gasteiger partial charge in [-0.2, -0.15) is 0 Å². The molecule has 0 spiro atoms. The summed E-state index contributed by atoms with van der Waals surface area (Å²) in [6.07, 6.45) is 7.16. The zero-order chi connectivity index (χ0) is 13.0. The van der Waals surface area contributed by atoms with Crippen LogP contribution in [0.25, 0.3) is 0 Å². The molecule has 3 heteroatoms. The number of hydrogen-bond acceptors (Lipinski definition) is 3. The van der Waals surface area contributed by atoms with Gasteiger partial charge in [-0.1, -0.05) is 6.92 Å². The van der Waals surface area contributed by atoms with E-state index in [9.17, 15) is 0 Å². The highest BCUT2D eigenvalue weighted by atomic mass is 16.5. The first kappa shape index (κ1) is 14.3. The molecule has 2 fully saturated rings. The molecule has 2 rings (SSSR count). The Hall–Kier alpha value is -0.120. The quantitative estimate of drug-likeness (QED) is 0.759. The number of ether oxygens (including phenoxy) is 2. The van der Waals surface area contributed by atoms with Crippen LogP contribution in [0, 0.1) is 5.92 Å². The summed E-state index contributed by atoms with van der Waals surface area (Å²) in [5.74, 6) is 0.867. The van der Waals surface area contributed by atoms with Crippen molar-refractivity contribution in [3.05, 3.63) is 0 Å². The van der Waals surface area contributed by atoms with E-state index in [1.54, 1.807) is 0 Å². The van der Waals surface area contributed by atoms with Crippen LogP contribution in [-0.4, -0.2) is 37.5 Å². The van der Waals surface area contributed by atoms with Crippen LogP contribution in [-0.2, 0) is 9.47 Å². The molecule has 2 aliphatic rings. The van der Waals surface area contributed by atoms with Gasteiger partial charge in [0.1, 0.15) is 0 Å². The molecule has 1 N–H and O–H groups in total. The second-order valence-electron chi connectivity index (χ2n) is 6.08. The smallest absolute Gasteiger partial charge is 0.0626 e. The summed E-state index contributed by atoms with van der Waals surface area (Å²) in [7, 11) is 0. The molecule has 3 atom stereocenters. The van der Waals surface area contributed by atoms with E-state index in [1.165, 1.54) is 19.3 Å². The van der Waals surface area contributed by atoms with Gasteiger partial charge in [0, 0.05) is 6.04 Å². The Morgan fingerprint density at radius 2 is 1.89 bits per heavy atom. The molecule has 1 aliphatic heterocycles. The lowest BCUT2D eigenvalue weighted by Gasteiger charge is -2.33. The lowest BCUT2D eigenvalue weighted by atomic mass is 10.0. The Morgan fingerprint density at radius 3 is 2.44 bits per heavy atom. The number of nitrogens with one attached hydrogen (secondary N) is 1. The van der Waals surface area contributed by atoms with Crippen LogP contribution in [0.2, 0.25) is 0 Å². The van der Waals surface area contributed by atoms with Gasteiger partial charge in [0.2, 0.25) is 0 Å². The summed E-state index contributed by atoms with van der Waals surface area (Å²) < 4.78 is 11.9. The van der Waals surface area contributed by atoms with Crippen LogP contribution in [0.15, 0.2) is 0 Å². The average molecular weight is 255 g/mol. The maximum Gasteiger partial charge on any atom is 0.0626 e. The Morgan fingerprint density at radius 1 is 1.22 bits per heavy atom. The Bertz CT molecular complexity index is 233. The van der Waals surface area contributed by atoms with Gasteiger partial charge >= 0.3 is 0 Å². The van der Waals surface area contributed by atoms with E-state index < -0.39 is 0 Å². The highest BCUT2D eigenvalue weighted by Crippen LogP contribution is 2.33. The maximum absolute atomic E-state index is 6.14. The fourth-order valence-corrected chi connectivity index (χ4v) is 2.91. The van der Waals surface area contributed by atoms with Crippen molar-refractivity contribution in [2.45, 2.75) is 77.2 Å². The molecule has 3 nitrogen and oxygen atoms in total. The topological polar surface area (TPSA) is 30.5 Å². The van der Waals surface area contributed by atoms with E-state index in [0.29, 0.717) is 24.4 Å². The predicted octanol–water partition coefficient (Wildman–Crippen LogP) is 2.74. The minimum atomic E-state index is 0.349. The molecule has 1 aliphatic carbocycles. The molecule has 0 amide bonds. The second-order valence-corrected chi connectivity index (χ2v) is 6.08. The summed E-state index contributed by atoms with van der Waals surface area (Å²) in [6, 6.07) is 0.582. The molecule has 0 bridgehead atoms. The minimum absolute atomic E-state index is 0.349. The molecule has 0 radical (unpaired) electrons. The summed E-state index contributed by atoms with van der Waals surface area (Å²) in [5, 5.41) is 3.64. The fraction of sp³-hybridized carbons (Fsp3) is 1.00. The predicted molar refractivity (Wildman–Crippen MR) is 73.8 cm³/mol. The van der Waals surface area contributed by atoms with Gasteiger partial charge in [-0.25, -0.2) is 0 Å². The molecule has 0 aromatic carbocycles. The zero-order valence-corrected chi connectivity index (χ0v) is 12.2. The van der Waals surface area contributed by atoms with Crippen LogP contribution in [0.5, 0.6) is 0 Å². The summed E-state index contributed by atoms with van der Waals surface area (Å²) in [6.45, 7) is 8.53. The normalized spacial score (nSPS) is 34.5. The van der Waals surface area contributed by atoms with Crippen LogP contribution in [0.1, 0.15) is 52.9 Å². The van der Waals surface area contributed by atoms with Crippen molar-refractivity contribution in [3.63, 3.8) is 0 Å². The molecular weight excluding hydrogens is 226 g/mol. The van der Waals surface area contributed by atoms with Crippen LogP contribution in [0.4, 0.5) is 0 Å². The van der Waals surface area contributed by atoms with E-state index in [4.69, 9.17) is 9.47 Å². The molecule has 1 heterocycles. The maximum atomic E-state index is 6.14. The highest BCUT2D eigenvalue weighted by Gasteiger charge is 2.32. The van der Waals surface area contributed by atoms with Crippen molar-refractivity contribution in [2.75, 3.05) is 13.2 Å². The molecule has 18 heavy (non-hydrogen) atoms. The van der Waals surface area contributed by atoms with E-state index >= 15 is 0 Å². The molecule has 1 saturated heterocycles. The van der Waals surface area contributed by atoms with Crippen LogP contribution in [0.3, 0.4) is 0 Å². The van der Waals surface area contributed by atoms with Crippen molar-refractivity contribution in [1.82, 2.24) is 5.32 Å². The van der Waals surface area contributed by atoms with Gasteiger partial charge in [-0.05, 0) is 58.4 Å². The highest BCUT2D eigenvalue weighted by molar-refractivity contribution is 4.87. The average Bonchev–Trinajstić information content (AvgIpc) is 3.12. The molecule has 106 valence electrons. The Balaban J connectivity index is 1.71. The summed E-state index contributed by atoms with van der Waals surface area (Å²) in [5.41, 5.74) is 0. The van der Waals surface area contributed by atoms with Crippen LogP contribution >= 0.6 is 0 Å². The first-order chi connectivity index (χ1) is 8.69. The van der Waals surface area contributed by atoms with Crippen molar-refractivity contribution < 1.29 is 9.47 Å². The monoisotopic (exact) mass is 255 g/mol. The first-order valence-corrected chi connectivity index (χ1v) is 7.69. The lowest BCUT2D eigenvalue weighted by Crippen LogP contribution is -2.40. The zero-order valence-electron chi connectivity index (χ0n) is 12.2. The molecule has 0 aromatic rings. The van der Waals surface area contributed by atoms with Gasteiger partial charge in [-0.3, -0.25) is 0 Å². The van der Waals surface area contributed by atoms with Gasteiger partial charge < -0.3 is 14.8 Å². The van der Waals surface area contributed by atoms with Gasteiger partial charge in [-0.15, -0.1) is 0 Å². The first-order valence-electron chi connectivity index (χ1n) is 7.69. The third kappa shape index (κ3) is 4.52. The SMILES string of the molecule is CCCNC(COC1CC(C)OC(C)C1)C1CC1. The Kier molecular flexibility index (Phi) is 5.46. The summed E-state index contributed by atoms with van der Waals surface area (Å²) >= 11 is 0. The fourth-order valence-electron chi connectivity index (χ4n) is 2.91. The second kappa shape index (κ2) is 6.88. The Labute approximate surface area is 112 Å². The minimum Gasteiger partial charge on any atom is -0.376 e. The molecule has 3 unspecified atom stereocenters. The molecule has 1 saturated carbocycles. The largest absolute Gasteiger partial charge is 0.376 e. The van der Waals surface area contributed by atoms with E-state index in [-0.39, 0.29) is 0 Å².